The van der Waals surface area contributed by atoms with Gasteiger partial charge in [0.25, 0.3) is 0 Å². The van der Waals surface area contributed by atoms with Crippen molar-refractivity contribution in [3.05, 3.63) is 17.7 Å². The van der Waals surface area contributed by atoms with Gasteiger partial charge in [-0.15, -0.1) is 0 Å². The number of hydrogen-bond acceptors (Lipinski definition) is 2. The van der Waals surface area contributed by atoms with E-state index in [0.717, 1.165) is 40.8 Å². The molecule has 0 fully saturated rings. The molecule has 0 bridgehead atoms. The van der Waals surface area contributed by atoms with Gasteiger partial charge in [0.05, 0.1) is 20.6 Å². The number of phenols is 1. The van der Waals surface area contributed by atoms with E-state index in [4.69, 9.17) is 5.73 Å². The van der Waals surface area contributed by atoms with E-state index in [0.29, 0.717) is 5.75 Å². The molecule has 0 unspecified atom stereocenters. The summed E-state index contributed by atoms with van der Waals surface area (Å²) in [6.07, 6.45) is 2.12. The molecule has 3 N–H and O–H groups in total. The van der Waals surface area contributed by atoms with Crippen LogP contribution in [0.4, 0.5) is 11.4 Å². The van der Waals surface area contributed by atoms with Gasteiger partial charge in [-0.3, -0.25) is 4.48 Å². The summed E-state index contributed by atoms with van der Waals surface area (Å²) in [6, 6.07) is 3.49. The average molecular weight is 193 g/mol. The lowest BCUT2D eigenvalue weighted by atomic mass is 9.98. The first-order valence-corrected chi connectivity index (χ1v) is 4.96. The van der Waals surface area contributed by atoms with Crippen molar-refractivity contribution in [2.75, 3.05) is 26.4 Å². The summed E-state index contributed by atoms with van der Waals surface area (Å²) in [5, 5.41) is 9.85. The number of nitrogen functional groups attached to an aromatic ring is 1. The molecule has 1 heterocycles. The van der Waals surface area contributed by atoms with Crippen molar-refractivity contribution in [2.45, 2.75) is 12.8 Å². The number of quaternary nitrogens is 1. The number of benzene rings is 1. The summed E-state index contributed by atoms with van der Waals surface area (Å²) in [6.45, 7) is 1.06. The van der Waals surface area contributed by atoms with E-state index in [-0.39, 0.29) is 0 Å². The Balaban J connectivity index is 2.67. The molecule has 0 aliphatic carbocycles. The fourth-order valence-corrected chi connectivity index (χ4v) is 2.34. The third kappa shape index (κ3) is 1.24. The molecule has 2 rings (SSSR count). The zero-order valence-electron chi connectivity index (χ0n) is 8.75. The lowest BCUT2D eigenvalue weighted by molar-refractivity contribution is 0.350. The number of anilines is 1. The topological polar surface area (TPSA) is 46.2 Å². The molecule has 1 aliphatic rings. The second-order valence-corrected chi connectivity index (χ2v) is 4.51. The van der Waals surface area contributed by atoms with Crippen LogP contribution in [0.15, 0.2) is 12.1 Å². The van der Waals surface area contributed by atoms with Gasteiger partial charge in [-0.1, -0.05) is 0 Å². The van der Waals surface area contributed by atoms with Crippen molar-refractivity contribution in [2.24, 2.45) is 0 Å². The Labute approximate surface area is 84.4 Å². The van der Waals surface area contributed by atoms with Crippen LogP contribution in [0.5, 0.6) is 5.75 Å². The van der Waals surface area contributed by atoms with E-state index in [1.54, 1.807) is 12.1 Å². The number of fused-ring (bicyclic) bond motifs is 1. The first-order chi connectivity index (χ1) is 6.52. The van der Waals surface area contributed by atoms with Gasteiger partial charge in [0, 0.05) is 17.7 Å². The van der Waals surface area contributed by atoms with E-state index < -0.39 is 0 Å². The van der Waals surface area contributed by atoms with Gasteiger partial charge in [0.15, 0.2) is 11.4 Å². The Kier molecular flexibility index (Phi) is 1.93. The lowest BCUT2D eigenvalue weighted by Gasteiger charge is -2.35. The molecule has 0 saturated carbocycles. The van der Waals surface area contributed by atoms with Crippen LogP contribution < -0.4 is 10.2 Å². The second kappa shape index (κ2) is 2.89. The van der Waals surface area contributed by atoms with E-state index in [1.165, 1.54) is 0 Å². The molecule has 0 radical (unpaired) electrons. The number of nitrogens with zero attached hydrogens (tertiary/aromatic N) is 1. The molecule has 1 aromatic rings. The SMILES string of the molecule is C[N+]1(C)CCCc2c(N)ccc(O)c21. The average Bonchev–Trinajstić information content (AvgIpc) is 2.10. The van der Waals surface area contributed by atoms with Crippen molar-refractivity contribution < 1.29 is 5.11 Å². The maximum atomic E-state index is 9.85. The predicted molar refractivity (Wildman–Crippen MR) is 59.3 cm³/mol. The number of hydrogen-bond donors (Lipinski definition) is 2. The third-order valence-corrected chi connectivity index (χ3v) is 3.05. The van der Waals surface area contributed by atoms with Gasteiger partial charge in [-0.2, -0.15) is 0 Å². The highest BCUT2D eigenvalue weighted by Gasteiger charge is 2.31. The van der Waals surface area contributed by atoms with Crippen molar-refractivity contribution in [1.82, 2.24) is 4.48 Å². The predicted octanol–water partition coefficient (Wildman–Crippen LogP) is 1.49. The zero-order valence-corrected chi connectivity index (χ0v) is 8.75. The molecular weight excluding hydrogens is 176 g/mol. The quantitative estimate of drug-likeness (QED) is 0.372. The van der Waals surface area contributed by atoms with E-state index >= 15 is 0 Å². The molecule has 3 heteroatoms. The third-order valence-electron chi connectivity index (χ3n) is 3.05. The van der Waals surface area contributed by atoms with Crippen LogP contribution in [0.2, 0.25) is 0 Å². The molecule has 0 amide bonds. The maximum absolute atomic E-state index is 9.85. The van der Waals surface area contributed by atoms with Crippen LogP contribution in [0.1, 0.15) is 12.0 Å². The molecule has 76 valence electrons. The minimum absolute atomic E-state index is 0.374. The maximum Gasteiger partial charge on any atom is 0.179 e. The monoisotopic (exact) mass is 193 g/mol. The second-order valence-electron chi connectivity index (χ2n) is 4.51. The van der Waals surface area contributed by atoms with Gasteiger partial charge in [0.2, 0.25) is 0 Å². The molecule has 3 nitrogen and oxygen atoms in total. The van der Waals surface area contributed by atoms with Gasteiger partial charge in [-0.05, 0) is 18.6 Å². The Morgan fingerprint density at radius 1 is 1.36 bits per heavy atom. The van der Waals surface area contributed by atoms with E-state index in [9.17, 15) is 5.11 Å². The smallest absolute Gasteiger partial charge is 0.179 e. The van der Waals surface area contributed by atoms with Crippen LogP contribution >= 0.6 is 0 Å². The van der Waals surface area contributed by atoms with Crippen molar-refractivity contribution in [1.29, 1.82) is 0 Å². The number of nitrogens with two attached hydrogens (primary N) is 1. The highest BCUT2D eigenvalue weighted by atomic mass is 16.3. The molecule has 0 spiro atoms. The number of rotatable bonds is 0. The van der Waals surface area contributed by atoms with Crippen LogP contribution in [0.3, 0.4) is 0 Å². The standard InChI is InChI=1S/C11H16N2O/c1-13(2)7-3-4-8-9(12)5-6-10(14)11(8)13/h5-6H,3-4,7,12H2,1-2H3/p+1. The number of phenolic OH excluding ortho intramolecular Hbond substituents is 1. The van der Waals surface area contributed by atoms with Crippen LogP contribution in [-0.4, -0.2) is 25.7 Å². The van der Waals surface area contributed by atoms with E-state index in [2.05, 4.69) is 14.1 Å². The highest BCUT2D eigenvalue weighted by molar-refractivity contribution is 5.70. The van der Waals surface area contributed by atoms with Gasteiger partial charge >= 0.3 is 0 Å². The van der Waals surface area contributed by atoms with Gasteiger partial charge < -0.3 is 10.8 Å². The highest BCUT2D eigenvalue weighted by Crippen LogP contribution is 2.41. The fourth-order valence-electron chi connectivity index (χ4n) is 2.34. The molecule has 14 heavy (non-hydrogen) atoms. The summed E-state index contributed by atoms with van der Waals surface area (Å²) < 4.78 is 0.728. The van der Waals surface area contributed by atoms with E-state index in [1.807, 2.05) is 0 Å². The lowest BCUT2D eigenvalue weighted by Crippen LogP contribution is -2.44. The molecule has 0 saturated heterocycles. The normalized spacial score (nSPS) is 19.0. The first kappa shape index (κ1) is 9.34. The number of aromatic hydroxyl groups is 1. The minimum atomic E-state index is 0.374. The summed E-state index contributed by atoms with van der Waals surface area (Å²) in [4.78, 5) is 0. The molecule has 1 aromatic carbocycles. The minimum Gasteiger partial charge on any atom is -0.503 e. The Hall–Kier alpha value is -1.22. The van der Waals surface area contributed by atoms with Crippen LogP contribution in [0.25, 0.3) is 0 Å². The summed E-state index contributed by atoms with van der Waals surface area (Å²) in [7, 11) is 4.22. The molecule has 0 atom stereocenters. The largest absolute Gasteiger partial charge is 0.503 e. The summed E-state index contributed by atoms with van der Waals surface area (Å²) >= 11 is 0. The van der Waals surface area contributed by atoms with Gasteiger partial charge in [0.1, 0.15) is 0 Å². The Morgan fingerprint density at radius 3 is 2.71 bits per heavy atom. The fraction of sp³-hybridized carbons (Fsp3) is 0.455. The molecular formula is C11H17N2O+. The Bertz CT molecular complexity index is 372. The first-order valence-electron chi connectivity index (χ1n) is 4.96. The summed E-state index contributed by atoms with van der Waals surface area (Å²) in [5.41, 5.74) is 8.84. The van der Waals surface area contributed by atoms with Crippen LogP contribution in [0, 0.1) is 0 Å². The van der Waals surface area contributed by atoms with Crippen molar-refractivity contribution in [3.63, 3.8) is 0 Å². The summed E-state index contributed by atoms with van der Waals surface area (Å²) in [5.74, 6) is 0.374. The van der Waals surface area contributed by atoms with Crippen LogP contribution in [-0.2, 0) is 6.42 Å². The zero-order chi connectivity index (χ0) is 10.3. The molecule has 0 aromatic heterocycles. The Morgan fingerprint density at radius 2 is 2.07 bits per heavy atom. The van der Waals surface area contributed by atoms with Crippen molar-refractivity contribution >= 4 is 11.4 Å². The van der Waals surface area contributed by atoms with Crippen molar-refractivity contribution in [3.8, 4) is 5.75 Å². The molecule has 1 aliphatic heterocycles. The van der Waals surface area contributed by atoms with Gasteiger partial charge in [-0.25, -0.2) is 0 Å².